The molecule has 15 heavy (non-hydrogen) atoms. The van der Waals surface area contributed by atoms with Crippen LogP contribution in [-0.2, 0) is 4.79 Å². The van der Waals surface area contributed by atoms with Crippen molar-refractivity contribution in [3.8, 4) is 0 Å². The highest BCUT2D eigenvalue weighted by Gasteiger charge is 1.96. The molecule has 0 aromatic heterocycles. The van der Waals surface area contributed by atoms with Gasteiger partial charge in [0.25, 0.3) is 0 Å². The largest absolute Gasteiger partial charge is 0.385 e. The fraction of sp³-hybridized carbons (Fsp3) is 0.417. The van der Waals surface area contributed by atoms with Crippen molar-refractivity contribution < 1.29 is 4.79 Å². The van der Waals surface area contributed by atoms with Gasteiger partial charge in [-0.2, -0.15) is 0 Å². The van der Waals surface area contributed by atoms with Gasteiger partial charge in [-0.15, -0.1) is 0 Å². The third-order valence-corrected chi connectivity index (χ3v) is 2.15. The Bertz CT molecular complexity index is 327. The van der Waals surface area contributed by atoms with Crippen molar-refractivity contribution in [1.29, 1.82) is 0 Å². The predicted molar refractivity (Wildman–Crippen MR) is 62.8 cm³/mol. The maximum absolute atomic E-state index is 10.5. The number of anilines is 1. The van der Waals surface area contributed by atoms with Crippen molar-refractivity contribution in [3.63, 3.8) is 0 Å². The first-order valence-electron chi connectivity index (χ1n) is 5.18. The Kier molecular flexibility index (Phi) is 4.16. The maximum Gasteiger partial charge on any atom is 0.217 e. The summed E-state index contributed by atoms with van der Waals surface area (Å²) in [6.45, 7) is 4.93. The Morgan fingerprint density at radius 1 is 1.27 bits per heavy atom. The van der Waals surface area contributed by atoms with E-state index in [4.69, 9.17) is 5.73 Å². The lowest BCUT2D eigenvalue weighted by atomic mass is 10.1. The second kappa shape index (κ2) is 5.39. The summed E-state index contributed by atoms with van der Waals surface area (Å²) in [5, 5.41) is 3.27. The van der Waals surface area contributed by atoms with E-state index in [1.165, 1.54) is 11.1 Å². The zero-order chi connectivity index (χ0) is 11.3. The van der Waals surface area contributed by atoms with Crippen LogP contribution in [0.3, 0.4) is 0 Å². The molecule has 0 atom stereocenters. The third-order valence-electron chi connectivity index (χ3n) is 2.15. The molecule has 1 amide bonds. The van der Waals surface area contributed by atoms with E-state index >= 15 is 0 Å². The quantitative estimate of drug-likeness (QED) is 0.724. The summed E-state index contributed by atoms with van der Waals surface area (Å²) in [6.07, 6.45) is 1.22. The molecule has 0 fully saturated rings. The van der Waals surface area contributed by atoms with Gasteiger partial charge in [-0.25, -0.2) is 0 Å². The minimum absolute atomic E-state index is 0.239. The minimum Gasteiger partial charge on any atom is -0.385 e. The van der Waals surface area contributed by atoms with Crippen LogP contribution in [0.2, 0.25) is 0 Å². The number of carbonyl (C=O) groups excluding carboxylic acids is 1. The number of amides is 1. The van der Waals surface area contributed by atoms with E-state index in [1.54, 1.807) is 0 Å². The van der Waals surface area contributed by atoms with Gasteiger partial charge >= 0.3 is 0 Å². The molecule has 3 heteroatoms. The monoisotopic (exact) mass is 206 g/mol. The Balaban J connectivity index is 2.40. The Morgan fingerprint density at radius 3 is 2.40 bits per heavy atom. The van der Waals surface area contributed by atoms with Gasteiger partial charge in [-0.1, -0.05) is 6.07 Å². The SMILES string of the molecule is Cc1cc(C)cc(NCCCC(N)=O)c1. The van der Waals surface area contributed by atoms with E-state index in [-0.39, 0.29) is 5.91 Å². The van der Waals surface area contributed by atoms with Crippen molar-refractivity contribution in [3.05, 3.63) is 29.3 Å². The van der Waals surface area contributed by atoms with Crippen LogP contribution < -0.4 is 11.1 Å². The molecule has 0 aliphatic heterocycles. The molecule has 3 nitrogen and oxygen atoms in total. The van der Waals surface area contributed by atoms with Gasteiger partial charge in [0.2, 0.25) is 5.91 Å². The topological polar surface area (TPSA) is 55.1 Å². The second-order valence-corrected chi connectivity index (χ2v) is 3.87. The zero-order valence-corrected chi connectivity index (χ0v) is 9.34. The summed E-state index contributed by atoms with van der Waals surface area (Å²) in [5.74, 6) is -0.239. The Labute approximate surface area is 90.7 Å². The number of hydrogen-bond acceptors (Lipinski definition) is 2. The average molecular weight is 206 g/mol. The number of carbonyl (C=O) groups is 1. The van der Waals surface area contributed by atoms with Crippen molar-refractivity contribution >= 4 is 11.6 Å². The lowest BCUT2D eigenvalue weighted by Gasteiger charge is -2.07. The number of nitrogens with two attached hydrogens (primary N) is 1. The third kappa shape index (κ3) is 4.49. The van der Waals surface area contributed by atoms with Crippen LogP contribution in [0.15, 0.2) is 18.2 Å². The van der Waals surface area contributed by atoms with Crippen molar-refractivity contribution in [2.24, 2.45) is 5.73 Å². The number of primary amides is 1. The molecule has 0 radical (unpaired) electrons. The van der Waals surface area contributed by atoms with E-state index in [2.05, 4.69) is 37.4 Å². The molecule has 0 heterocycles. The molecular formula is C12H18N2O. The van der Waals surface area contributed by atoms with Crippen molar-refractivity contribution in [1.82, 2.24) is 0 Å². The van der Waals surface area contributed by atoms with Gasteiger partial charge in [0.1, 0.15) is 0 Å². The highest BCUT2D eigenvalue weighted by atomic mass is 16.1. The molecule has 1 aromatic rings. The molecule has 82 valence electrons. The summed E-state index contributed by atoms with van der Waals surface area (Å²) >= 11 is 0. The van der Waals surface area contributed by atoms with E-state index in [1.807, 2.05) is 0 Å². The molecule has 0 saturated heterocycles. The first-order chi connectivity index (χ1) is 7.08. The van der Waals surface area contributed by atoms with Crippen LogP contribution in [0.1, 0.15) is 24.0 Å². The number of hydrogen-bond donors (Lipinski definition) is 2. The normalized spacial score (nSPS) is 10.0. The number of benzene rings is 1. The van der Waals surface area contributed by atoms with Crippen LogP contribution in [0, 0.1) is 13.8 Å². The number of nitrogens with one attached hydrogen (secondary N) is 1. The van der Waals surface area contributed by atoms with E-state index in [0.717, 1.165) is 18.7 Å². The molecule has 0 bridgehead atoms. The summed E-state index contributed by atoms with van der Waals surface area (Å²) in [6, 6.07) is 6.32. The summed E-state index contributed by atoms with van der Waals surface area (Å²) < 4.78 is 0. The van der Waals surface area contributed by atoms with Gasteiger partial charge in [-0.05, 0) is 43.5 Å². The standard InChI is InChI=1S/C12H18N2O/c1-9-6-10(2)8-11(7-9)14-5-3-4-12(13)15/h6-8,14H,3-5H2,1-2H3,(H2,13,15). The average Bonchev–Trinajstić information content (AvgIpc) is 2.10. The minimum atomic E-state index is -0.239. The van der Waals surface area contributed by atoms with Gasteiger partial charge in [0.15, 0.2) is 0 Å². The highest BCUT2D eigenvalue weighted by molar-refractivity contribution is 5.73. The highest BCUT2D eigenvalue weighted by Crippen LogP contribution is 2.13. The lowest BCUT2D eigenvalue weighted by molar-refractivity contribution is -0.118. The molecular weight excluding hydrogens is 188 g/mol. The zero-order valence-electron chi connectivity index (χ0n) is 9.34. The molecule has 0 spiro atoms. The fourth-order valence-corrected chi connectivity index (χ4v) is 1.57. The molecule has 0 saturated carbocycles. The molecule has 0 aliphatic rings. The maximum atomic E-state index is 10.5. The van der Waals surface area contributed by atoms with Crippen LogP contribution in [-0.4, -0.2) is 12.5 Å². The van der Waals surface area contributed by atoms with E-state index in [0.29, 0.717) is 6.42 Å². The van der Waals surface area contributed by atoms with E-state index in [9.17, 15) is 4.79 Å². The first-order valence-corrected chi connectivity index (χ1v) is 5.18. The van der Waals surface area contributed by atoms with Crippen LogP contribution in [0.5, 0.6) is 0 Å². The van der Waals surface area contributed by atoms with Gasteiger partial charge < -0.3 is 11.1 Å². The predicted octanol–water partition coefficient (Wildman–Crippen LogP) is 1.98. The molecule has 3 N–H and O–H groups in total. The summed E-state index contributed by atoms with van der Waals surface area (Å²) in [7, 11) is 0. The molecule has 0 unspecified atom stereocenters. The van der Waals surface area contributed by atoms with Crippen LogP contribution in [0.25, 0.3) is 0 Å². The van der Waals surface area contributed by atoms with Crippen LogP contribution in [0.4, 0.5) is 5.69 Å². The number of aryl methyl sites for hydroxylation is 2. The van der Waals surface area contributed by atoms with Crippen molar-refractivity contribution in [2.75, 3.05) is 11.9 Å². The van der Waals surface area contributed by atoms with Gasteiger partial charge in [-0.3, -0.25) is 4.79 Å². The smallest absolute Gasteiger partial charge is 0.217 e. The Morgan fingerprint density at radius 2 is 1.87 bits per heavy atom. The number of rotatable bonds is 5. The van der Waals surface area contributed by atoms with Gasteiger partial charge in [0.05, 0.1) is 0 Å². The lowest BCUT2D eigenvalue weighted by Crippen LogP contribution is -2.12. The summed E-state index contributed by atoms with van der Waals surface area (Å²) in [5.41, 5.74) is 8.65. The Hall–Kier alpha value is -1.51. The van der Waals surface area contributed by atoms with Crippen molar-refractivity contribution in [2.45, 2.75) is 26.7 Å². The van der Waals surface area contributed by atoms with E-state index < -0.39 is 0 Å². The molecule has 1 aromatic carbocycles. The fourth-order valence-electron chi connectivity index (χ4n) is 1.57. The first kappa shape index (κ1) is 11.6. The molecule has 1 rings (SSSR count). The van der Waals surface area contributed by atoms with Crippen LogP contribution >= 0.6 is 0 Å². The van der Waals surface area contributed by atoms with Gasteiger partial charge in [0, 0.05) is 18.7 Å². The summed E-state index contributed by atoms with van der Waals surface area (Å²) in [4.78, 5) is 10.5. The second-order valence-electron chi connectivity index (χ2n) is 3.87. The molecule has 0 aliphatic carbocycles.